The number of ether oxygens (including phenoxy) is 1. The van der Waals surface area contributed by atoms with Crippen molar-refractivity contribution in [1.29, 1.82) is 0 Å². The second-order valence-electron chi connectivity index (χ2n) is 3.66. The lowest BCUT2D eigenvalue weighted by atomic mass is 10.3. The molecule has 0 saturated carbocycles. The molecule has 0 unspecified atom stereocenters. The molecule has 0 spiro atoms. The second-order valence-corrected chi connectivity index (χ2v) is 4.07. The molecule has 0 heterocycles. The van der Waals surface area contributed by atoms with Gasteiger partial charge in [0.25, 0.3) is 0 Å². The Morgan fingerprint density at radius 1 is 1.40 bits per heavy atom. The van der Waals surface area contributed by atoms with Gasteiger partial charge in [-0.2, -0.15) is 0 Å². The molecule has 0 fully saturated rings. The van der Waals surface area contributed by atoms with E-state index in [1.165, 1.54) is 0 Å². The minimum Gasteiger partial charge on any atom is -0.490 e. The predicted octanol–water partition coefficient (Wildman–Crippen LogP) is 2.25. The summed E-state index contributed by atoms with van der Waals surface area (Å²) in [5, 5.41) is 0.569. The van der Waals surface area contributed by atoms with Crippen LogP contribution in [0.2, 0.25) is 5.02 Å². The maximum atomic E-state index is 5.96. The van der Waals surface area contributed by atoms with Gasteiger partial charge < -0.3 is 15.4 Å². The number of hydrogen-bond donors (Lipinski definition) is 1. The van der Waals surface area contributed by atoms with E-state index in [1.807, 2.05) is 20.2 Å². The topological polar surface area (TPSA) is 38.5 Å². The number of anilines is 1. The first kappa shape index (κ1) is 12.1. The number of halogens is 1. The van der Waals surface area contributed by atoms with Gasteiger partial charge in [0.1, 0.15) is 0 Å². The predicted molar refractivity (Wildman–Crippen MR) is 64.5 cm³/mol. The number of nitrogens with two attached hydrogens (primary N) is 1. The number of benzene rings is 1. The minimum atomic E-state index is 0.569. The highest BCUT2D eigenvalue weighted by atomic mass is 35.5. The lowest BCUT2D eigenvalue weighted by Crippen LogP contribution is -2.15. The first-order chi connectivity index (χ1) is 7.11. The van der Waals surface area contributed by atoms with Gasteiger partial charge in [-0.25, -0.2) is 0 Å². The third-order valence-electron chi connectivity index (χ3n) is 1.99. The van der Waals surface area contributed by atoms with E-state index in [-0.39, 0.29) is 0 Å². The van der Waals surface area contributed by atoms with Gasteiger partial charge in [0.15, 0.2) is 5.75 Å². The summed E-state index contributed by atoms with van der Waals surface area (Å²) in [6.07, 6.45) is 0.956. The Morgan fingerprint density at radius 3 is 2.73 bits per heavy atom. The summed E-state index contributed by atoms with van der Waals surface area (Å²) >= 11 is 5.96. The van der Waals surface area contributed by atoms with Crippen LogP contribution in [-0.2, 0) is 0 Å². The molecule has 4 heteroatoms. The molecule has 0 atom stereocenters. The van der Waals surface area contributed by atoms with Crippen molar-refractivity contribution in [3.05, 3.63) is 23.2 Å². The van der Waals surface area contributed by atoms with E-state index >= 15 is 0 Å². The SMILES string of the molecule is CN(C)CCCOc1c(N)cccc1Cl. The Labute approximate surface area is 95.8 Å². The van der Waals surface area contributed by atoms with Crippen LogP contribution in [0.3, 0.4) is 0 Å². The number of para-hydroxylation sites is 1. The zero-order valence-corrected chi connectivity index (χ0v) is 9.92. The fourth-order valence-corrected chi connectivity index (χ4v) is 1.47. The maximum Gasteiger partial charge on any atom is 0.160 e. The quantitative estimate of drug-likeness (QED) is 0.621. The van der Waals surface area contributed by atoms with Crippen molar-refractivity contribution in [3.8, 4) is 5.75 Å². The number of hydrogen-bond acceptors (Lipinski definition) is 3. The Balaban J connectivity index is 2.43. The first-order valence-corrected chi connectivity index (χ1v) is 5.30. The maximum absolute atomic E-state index is 5.96. The fraction of sp³-hybridized carbons (Fsp3) is 0.455. The van der Waals surface area contributed by atoms with E-state index in [2.05, 4.69) is 4.90 Å². The van der Waals surface area contributed by atoms with E-state index < -0.39 is 0 Å². The minimum absolute atomic E-state index is 0.569. The Bertz CT molecular complexity index is 295. The molecule has 0 aliphatic carbocycles. The molecule has 0 aromatic heterocycles. The smallest absolute Gasteiger partial charge is 0.160 e. The Kier molecular flexibility index (Phi) is 4.72. The van der Waals surface area contributed by atoms with Gasteiger partial charge in [0, 0.05) is 6.54 Å². The van der Waals surface area contributed by atoms with Crippen molar-refractivity contribution < 1.29 is 4.74 Å². The molecular weight excluding hydrogens is 212 g/mol. The molecule has 1 rings (SSSR count). The van der Waals surface area contributed by atoms with Crippen LogP contribution in [0.4, 0.5) is 5.69 Å². The Hall–Kier alpha value is -0.930. The van der Waals surface area contributed by atoms with E-state index in [0.717, 1.165) is 13.0 Å². The van der Waals surface area contributed by atoms with Crippen LogP contribution < -0.4 is 10.5 Å². The summed E-state index contributed by atoms with van der Waals surface area (Å²) < 4.78 is 5.53. The van der Waals surface area contributed by atoms with Gasteiger partial charge in [-0.1, -0.05) is 17.7 Å². The summed E-state index contributed by atoms with van der Waals surface area (Å²) in [7, 11) is 4.06. The second kappa shape index (κ2) is 5.83. The van der Waals surface area contributed by atoms with Crippen molar-refractivity contribution in [3.63, 3.8) is 0 Å². The van der Waals surface area contributed by atoms with Crippen LogP contribution in [0.5, 0.6) is 5.75 Å². The number of rotatable bonds is 5. The summed E-state index contributed by atoms with van der Waals surface area (Å²) in [6, 6.07) is 5.37. The van der Waals surface area contributed by atoms with Crippen LogP contribution in [0, 0.1) is 0 Å². The van der Waals surface area contributed by atoms with Crippen molar-refractivity contribution in [2.45, 2.75) is 6.42 Å². The summed E-state index contributed by atoms with van der Waals surface area (Å²) in [5.74, 6) is 0.595. The van der Waals surface area contributed by atoms with Crippen molar-refractivity contribution >= 4 is 17.3 Å². The largest absolute Gasteiger partial charge is 0.490 e. The summed E-state index contributed by atoms with van der Waals surface area (Å²) in [5.41, 5.74) is 6.33. The molecule has 0 aliphatic rings. The molecular formula is C11H17ClN2O. The molecule has 0 saturated heterocycles. The van der Waals surface area contributed by atoms with E-state index in [9.17, 15) is 0 Å². The third kappa shape index (κ3) is 3.98. The van der Waals surface area contributed by atoms with Crippen molar-refractivity contribution in [2.75, 3.05) is 33.0 Å². The highest BCUT2D eigenvalue weighted by Gasteiger charge is 2.04. The van der Waals surface area contributed by atoms with Crippen LogP contribution in [0.15, 0.2) is 18.2 Å². The highest BCUT2D eigenvalue weighted by molar-refractivity contribution is 6.32. The van der Waals surface area contributed by atoms with Crippen LogP contribution in [-0.4, -0.2) is 32.1 Å². The molecule has 2 N–H and O–H groups in total. The molecule has 1 aromatic rings. The average molecular weight is 229 g/mol. The zero-order valence-electron chi connectivity index (χ0n) is 9.16. The molecule has 0 amide bonds. The van der Waals surface area contributed by atoms with E-state index in [1.54, 1.807) is 12.1 Å². The van der Waals surface area contributed by atoms with Crippen molar-refractivity contribution in [1.82, 2.24) is 4.90 Å². The van der Waals surface area contributed by atoms with Gasteiger partial charge in [0.05, 0.1) is 17.3 Å². The summed E-state index contributed by atoms with van der Waals surface area (Å²) in [6.45, 7) is 1.62. The van der Waals surface area contributed by atoms with Crippen LogP contribution in [0.1, 0.15) is 6.42 Å². The van der Waals surface area contributed by atoms with Crippen LogP contribution >= 0.6 is 11.6 Å². The molecule has 84 valence electrons. The number of nitrogens with zero attached hydrogens (tertiary/aromatic N) is 1. The fourth-order valence-electron chi connectivity index (χ4n) is 1.23. The van der Waals surface area contributed by atoms with Gasteiger partial charge in [-0.05, 0) is 32.6 Å². The van der Waals surface area contributed by atoms with E-state index in [0.29, 0.717) is 23.1 Å². The standard InChI is InChI=1S/C11H17ClN2O/c1-14(2)7-4-8-15-11-9(12)5-3-6-10(11)13/h3,5-6H,4,7-8,13H2,1-2H3. The average Bonchev–Trinajstić information content (AvgIpc) is 2.15. The number of nitrogen functional groups attached to an aromatic ring is 1. The molecule has 15 heavy (non-hydrogen) atoms. The van der Waals surface area contributed by atoms with E-state index in [4.69, 9.17) is 22.1 Å². The molecule has 0 radical (unpaired) electrons. The molecule has 0 bridgehead atoms. The van der Waals surface area contributed by atoms with Crippen LogP contribution in [0.25, 0.3) is 0 Å². The van der Waals surface area contributed by atoms with Gasteiger partial charge in [0.2, 0.25) is 0 Å². The molecule has 0 aliphatic heterocycles. The normalized spacial score (nSPS) is 10.7. The first-order valence-electron chi connectivity index (χ1n) is 4.93. The zero-order chi connectivity index (χ0) is 11.3. The third-order valence-corrected chi connectivity index (χ3v) is 2.29. The summed E-state index contributed by atoms with van der Waals surface area (Å²) in [4.78, 5) is 2.11. The highest BCUT2D eigenvalue weighted by Crippen LogP contribution is 2.30. The van der Waals surface area contributed by atoms with Gasteiger partial charge in [-0.3, -0.25) is 0 Å². The van der Waals surface area contributed by atoms with Crippen molar-refractivity contribution in [2.24, 2.45) is 0 Å². The molecule has 3 nitrogen and oxygen atoms in total. The van der Waals surface area contributed by atoms with Gasteiger partial charge >= 0.3 is 0 Å². The Morgan fingerprint density at radius 2 is 2.13 bits per heavy atom. The monoisotopic (exact) mass is 228 g/mol. The van der Waals surface area contributed by atoms with Gasteiger partial charge in [-0.15, -0.1) is 0 Å². The lowest BCUT2D eigenvalue weighted by molar-refractivity contribution is 0.283. The lowest BCUT2D eigenvalue weighted by Gasteiger charge is -2.12. The molecule has 1 aromatic carbocycles.